The zero-order chi connectivity index (χ0) is 15.4. The average molecular weight is 288 g/mol. The van der Waals surface area contributed by atoms with Gasteiger partial charge in [-0.1, -0.05) is 60.7 Å². The first-order valence-electron chi connectivity index (χ1n) is 7.17. The van der Waals surface area contributed by atoms with Crippen LogP contribution in [-0.2, 0) is 0 Å². The summed E-state index contributed by atoms with van der Waals surface area (Å²) in [5.74, 6) is 0.563. The van der Waals surface area contributed by atoms with Crippen molar-refractivity contribution in [3.8, 4) is 11.1 Å². The molecule has 1 heterocycles. The Morgan fingerprint density at radius 3 is 2.18 bits per heavy atom. The SMILES string of the molecule is CC(=Cc1cc(-c2ccccc2)cc(=O)o1)c1ccccc1. The minimum absolute atomic E-state index is 0.339. The quantitative estimate of drug-likeness (QED) is 0.688. The molecule has 2 heteroatoms. The molecule has 2 nitrogen and oxygen atoms in total. The minimum Gasteiger partial charge on any atom is -0.423 e. The lowest BCUT2D eigenvalue weighted by Crippen LogP contribution is -1.98. The van der Waals surface area contributed by atoms with E-state index >= 15 is 0 Å². The first-order valence-corrected chi connectivity index (χ1v) is 7.17. The maximum atomic E-state index is 11.8. The van der Waals surface area contributed by atoms with Gasteiger partial charge in [-0.15, -0.1) is 0 Å². The van der Waals surface area contributed by atoms with Gasteiger partial charge in [-0.25, -0.2) is 4.79 Å². The normalized spacial score (nSPS) is 11.4. The average Bonchev–Trinajstić information content (AvgIpc) is 2.56. The summed E-state index contributed by atoms with van der Waals surface area (Å²) >= 11 is 0. The molecule has 0 saturated heterocycles. The van der Waals surface area contributed by atoms with Gasteiger partial charge < -0.3 is 4.42 Å². The van der Waals surface area contributed by atoms with Gasteiger partial charge in [-0.05, 0) is 41.3 Å². The number of hydrogen-bond acceptors (Lipinski definition) is 2. The molecule has 0 aliphatic carbocycles. The summed E-state index contributed by atoms with van der Waals surface area (Å²) in [4.78, 5) is 11.8. The Morgan fingerprint density at radius 1 is 0.864 bits per heavy atom. The van der Waals surface area contributed by atoms with Crippen LogP contribution >= 0.6 is 0 Å². The molecule has 22 heavy (non-hydrogen) atoms. The molecule has 0 radical (unpaired) electrons. The van der Waals surface area contributed by atoms with Crippen molar-refractivity contribution in [1.82, 2.24) is 0 Å². The van der Waals surface area contributed by atoms with Crippen molar-refractivity contribution in [2.24, 2.45) is 0 Å². The number of benzene rings is 2. The van der Waals surface area contributed by atoms with Gasteiger partial charge in [0, 0.05) is 6.07 Å². The zero-order valence-electron chi connectivity index (χ0n) is 12.3. The standard InChI is InChI=1S/C20H16O2/c1-15(16-8-4-2-5-9-16)12-19-13-18(14-20(21)22-19)17-10-6-3-7-11-17/h2-14H,1H3. The van der Waals surface area contributed by atoms with E-state index in [-0.39, 0.29) is 5.63 Å². The van der Waals surface area contributed by atoms with Crippen LogP contribution in [0.25, 0.3) is 22.8 Å². The summed E-state index contributed by atoms with van der Waals surface area (Å²) in [5, 5.41) is 0. The van der Waals surface area contributed by atoms with Gasteiger partial charge in [-0.3, -0.25) is 0 Å². The van der Waals surface area contributed by atoms with E-state index in [0.717, 1.165) is 22.3 Å². The third kappa shape index (κ3) is 3.23. The van der Waals surface area contributed by atoms with Crippen LogP contribution in [0.5, 0.6) is 0 Å². The maximum absolute atomic E-state index is 11.8. The molecule has 0 unspecified atom stereocenters. The Hall–Kier alpha value is -2.87. The Morgan fingerprint density at radius 2 is 1.50 bits per heavy atom. The summed E-state index contributed by atoms with van der Waals surface area (Å²) in [5.41, 5.74) is 3.68. The van der Waals surface area contributed by atoms with E-state index in [1.165, 1.54) is 6.07 Å². The summed E-state index contributed by atoms with van der Waals surface area (Å²) in [6.07, 6.45) is 1.89. The third-order valence-electron chi connectivity index (χ3n) is 3.48. The molecule has 0 aliphatic rings. The smallest absolute Gasteiger partial charge is 0.336 e. The van der Waals surface area contributed by atoms with Gasteiger partial charge in [0.1, 0.15) is 5.76 Å². The van der Waals surface area contributed by atoms with Crippen LogP contribution in [0.4, 0.5) is 0 Å². The summed E-state index contributed by atoms with van der Waals surface area (Å²) in [6.45, 7) is 2.00. The van der Waals surface area contributed by atoms with Gasteiger partial charge in [0.15, 0.2) is 0 Å². The maximum Gasteiger partial charge on any atom is 0.336 e. The molecule has 3 rings (SSSR count). The Balaban J connectivity index is 2.02. The van der Waals surface area contributed by atoms with Crippen molar-refractivity contribution >= 4 is 11.6 Å². The Labute approximate surface area is 129 Å². The molecule has 0 fully saturated rings. The Bertz CT molecular complexity index is 844. The van der Waals surface area contributed by atoms with Crippen molar-refractivity contribution in [2.45, 2.75) is 6.92 Å². The topological polar surface area (TPSA) is 30.2 Å². The van der Waals surface area contributed by atoms with E-state index in [9.17, 15) is 4.79 Å². The predicted octanol–water partition coefficient (Wildman–Crippen LogP) is 4.87. The molecule has 3 aromatic rings. The van der Waals surface area contributed by atoms with E-state index in [4.69, 9.17) is 4.42 Å². The summed E-state index contributed by atoms with van der Waals surface area (Å²) in [7, 11) is 0. The van der Waals surface area contributed by atoms with Crippen molar-refractivity contribution < 1.29 is 4.42 Å². The fourth-order valence-corrected chi connectivity index (χ4v) is 2.36. The third-order valence-corrected chi connectivity index (χ3v) is 3.48. The second-order valence-electron chi connectivity index (χ2n) is 5.13. The van der Waals surface area contributed by atoms with Gasteiger partial charge in [0.05, 0.1) is 0 Å². The lowest BCUT2D eigenvalue weighted by atomic mass is 10.0. The van der Waals surface area contributed by atoms with Crippen molar-refractivity contribution in [3.63, 3.8) is 0 Å². The lowest BCUT2D eigenvalue weighted by Gasteiger charge is -2.04. The predicted molar refractivity (Wildman–Crippen MR) is 90.4 cm³/mol. The number of rotatable bonds is 3. The van der Waals surface area contributed by atoms with Crippen LogP contribution in [0.1, 0.15) is 18.2 Å². The second-order valence-corrected chi connectivity index (χ2v) is 5.13. The number of hydrogen-bond donors (Lipinski definition) is 0. The Kier molecular flexibility index (Phi) is 4.01. The fourth-order valence-electron chi connectivity index (χ4n) is 2.36. The lowest BCUT2D eigenvalue weighted by molar-refractivity contribution is 0.502. The van der Waals surface area contributed by atoms with Crippen molar-refractivity contribution in [3.05, 3.63) is 94.5 Å². The highest BCUT2D eigenvalue weighted by Crippen LogP contribution is 2.21. The molecule has 1 aromatic heterocycles. The van der Waals surface area contributed by atoms with Crippen LogP contribution in [-0.4, -0.2) is 0 Å². The first kappa shape index (κ1) is 14.1. The molecule has 0 spiro atoms. The minimum atomic E-state index is -0.339. The molecule has 108 valence electrons. The highest BCUT2D eigenvalue weighted by Gasteiger charge is 2.03. The van der Waals surface area contributed by atoms with Gasteiger partial charge in [0.25, 0.3) is 0 Å². The molecule has 0 bridgehead atoms. The zero-order valence-corrected chi connectivity index (χ0v) is 12.3. The van der Waals surface area contributed by atoms with Gasteiger partial charge in [0.2, 0.25) is 0 Å². The molecular weight excluding hydrogens is 272 g/mol. The second kappa shape index (κ2) is 6.27. The van der Waals surface area contributed by atoms with E-state index in [0.29, 0.717) is 5.76 Å². The van der Waals surface area contributed by atoms with Crippen LogP contribution in [0.3, 0.4) is 0 Å². The molecule has 0 atom stereocenters. The summed E-state index contributed by atoms with van der Waals surface area (Å²) in [6, 6.07) is 23.3. The largest absolute Gasteiger partial charge is 0.423 e. The highest BCUT2D eigenvalue weighted by atomic mass is 16.4. The highest BCUT2D eigenvalue weighted by molar-refractivity contribution is 5.79. The van der Waals surface area contributed by atoms with E-state index in [2.05, 4.69) is 0 Å². The van der Waals surface area contributed by atoms with Crippen LogP contribution in [0, 0.1) is 0 Å². The van der Waals surface area contributed by atoms with Crippen molar-refractivity contribution in [1.29, 1.82) is 0 Å². The van der Waals surface area contributed by atoms with Gasteiger partial charge in [-0.2, -0.15) is 0 Å². The van der Waals surface area contributed by atoms with E-state index < -0.39 is 0 Å². The van der Waals surface area contributed by atoms with Gasteiger partial charge >= 0.3 is 5.63 Å². The molecule has 0 saturated carbocycles. The van der Waals surface area contributed by atoms with Crippen LogP contribution in [0.2, 0.25) is 0 Å². The van der Waals surface area contributed by atoms with Crippen LogP contribution < -0.4 is 5.63 Å². The number of allylic oxidation sites excluding steroid dienone is 1. The molecule has 0 N–H and O–H groups in total. The van der Waals surface area contributed by atoms with E-state index in [1.54, 1.807) is 0 Å². The van der Waals surface area contributed by atoms with E-state index in [1.807, 2.05) is 79.7 Å². The van der Waals surface area contributed by atoms with Crippen LogP contribution in [0.15, 0.2) is 82.0 Å². The molecule has 0 aliphatic heterocycles. The van der Waals surface area contributed by atoms with Crippen molar-refractivity contribution in [2.75, 3.05) is 0 Å². The fraction of sp³-hybridized carbons (Fsp3) is 0.0500. The summed E-state index contributed by atoms with van der Waals surface area (Å²) < 4.78 is 5.30. The monoisotopic (exact) mass is 288 g/mol. The molecule has 2 aromatic carbocycles. The molecular formula is C20H16O2. The first-order chi connectivity index (χ1) is 10.7. The molecule has 0 amide bonds.